The Hall–Kier alpha value is -0.920. The second-order valence-corrected chi connectivity index (χ2v) is 7.81. The van der Waals surface area contributed by atoms with Gasteiger partial charge in [0.15, 0.2) is 0 Å². The minimum absolute atomic E-state index is 0.0811. The summed E-state index contributed by atoms with van der Waals surface area (Å²) in [4.78, 5) is 0.0888. The van der Waals surface area contributed by atoms with Gasteiger partial charge in [-0.2, -0.15) is 11.3 Å². The van der Waals surface area contributed by atoms with Crippen LogP contribution in [-0.4, -0.2) is 26.7 Å². The van der Waals surface area contributed by atoms with Crippen LogP contribution < -0.4 is 4.72 Å². The SMILES string of the molecule is O=S(=O)(NCC[C@H](CCO)c1ccsc1)c1ccccc1Cl. The summed E-state index contributed by atoms with van der Waals surface area (Å²) in [6, 6.07) is 8.37. The van der Waals surface area contributed by atoms with Crippen molar-refractivity contribution >= 4 is 33.0 Å². The Labute approximate surface area is 139 Å². The normalized spacial score (nSPS) is 13.2. The Morgan fingerprint density at radius 2 is 2.00 bits per heavy atom. The summed E-state index contributed by atoms with van der Waals surface area (Å²) >= 11 is 7.52. The van der Waals surface area contributed by atoms with Gasteiger partial charge in [0.1, 0.15) is 4.90 Å². The number of aliphatic hydroxyl groups excluding tert-OH is 1. The maximum absolute atomic E-state index is 12.2. The molecular formula is C15H18ClNO3S2. The lowest BCUT2D eigenvalue weighted by Gasteiger charge is -2.15. The van der Waals surface area contributed by atoms with Gasteiger partial charge < -0.3 is 5.11 Å². The molecule has 1 aromatic heterocycles. The zero-order valence-corrected chi connectivity index (χ0v) is 14.3. The predicted octanol–water partition coefficient (Wildman–Crippen LogP) is 3.24. The van der Waals surface area contributed by atoms with Gasteiger partial charge in [0.25, 0.3) is 0 Å². The molecule has 0 spiro atoms. The molecule has 0 saturated heterocycles. The van der Waals surface area contributed by atoms with E-state index in [9.17, 15) is 8.42 Å². The highest BCUT2D eigenvalue weighted by molar-refractivity contribution is 7.89. The Balaban J connectivity index is 1.98. The highest BCUT2D eigenvalue weighted by Gasteiger charge is 2.18. The molecule has 0 fully saturated rings. The van der Waals surface area contributed by atoms with Crippen molar-refractivity contribution in [3.05, 3.63) is 51.7 Å². The number of nitrogens with one attached hydrogen (secondary N) is 1. The molecule has 2 N–H and O–H groups in total. The monoisotopic (exact) mass is 359 g/mol. The van der Waals surface area contributed by atoms with E-state index in [1.54, 1.807) is 29.5 Å². The van der Waals surface area contributed by atoms with Gasteiger partial charge in [0.05, 0.1) is 5.02 Å². The minimum atomic E-state index is -3.61. The quantitative estimate of drug-likeness (QED) is 0.760. The van der Waals surface area contributed by atoms with Gasteiger partial charge in [-0.05, 0) is 53.3 Å². The third-order valence-corrected chi connectivity index (χ3v) is 6.07. The standard InChI is InChI=1S/C15H18ClNO3S2/c16-14-3-1-2-4-15(14)22(19,20)17-8-5-12(6-9-18)13-7-10-21-11-13/h1-4,7,10-12,17-18H,5-6,8-9H2/t12-/m1/s1. The number of aliphatic hydroxyl groups is 1. The van der Waals surface area contributed by atoms with Gasteiger partial charge in [-0.1, -0.05) is 23.7 Å². The summed E-state index contributed by atoms with van der Waals surface area (Å²) in [5.74, 6) is 0.144. The van der Waals surface area contributed by atoms with Crippen molar-refractivity contribution in [1.29, 1.82) is 0 Å². The third kappa shape index (κ3) is 4.54. The van der Waals surface area contributed by atoms with Crippen LogP contribution in [0, 0.1) is 0 Å². The maximum atomic E-state index is 12.2. The van der Waals surface area contributed by atoms with Crippen molar-refractivity contribution in [1.82, 2.24) is 4.72 Å². The van der Waals surface area contributed by atoms with Gasteiger partial charge >= 0.3 is 0 Å². The molecule has 120 valence electrons. The van der Waals surface area contributed by atoms with Crippen LogP contribution >= 0.6 is 22.9 Å². The van der Waals surface area contributed by atoms with Crippen molar-refractivity contribution in [3.8, 4) is 0 Å². The fraction of sp³-hybridized carbons (Fsp3) is 0.333. The van der Waals surface area contributed by atoms with Gasteiger partial charge in [-0.25, -0.2) is 13.1 Å². The first-order chi connectivity index (χ1) is 10.5. The zero-order chi connectivity index (χ0) is 16.0. The number of hydrogen-bond donors (Lipinski definition) is 2. The molecule has 2 aromatic rings. The van der Waals surface area contributed by atoms with Crippen LogP contribution in [0.2, 0.25) is 5.02 Å². The molecule has 7 heteroatoms. The van der Waals surface area contributed by atoms with Crippen molar-refractivity contribution in [3.63, 3.8) is 0 Å². The summed E-state index contributed by atoms with van der Waals surface area (Å²) in [6.45, 7) is 0.381. The van der Waals surface area contributed by atoms with Crippen LogP contribution in [-0.2, 0) is 10.0 Å². The van der Waals surface area contributed by atoms with Gasteiger partial charge in [-0.3, -0.25) is 0 Å². The van der Waals surface area contributed by atoms with E-state index in [0.29, 0.717) is 19.4 Å². The predicted molar refractivity (Wildman–Crippen MR) is 90.0 cm³/mol. The lowest BCUT2D eigenvalue weighted by Crippen LogP contribution is -2.26. The summed E-state index contributed by atoms with van der Waals surface area (Å²) in [7, 11) is -3.61. The Morgan fingerprint density at radius 1 is 1.23 bits per heavy atom. The van der Waals surface area contributed by atoms with Crippen LogP contribution in [0.4, 0.5) is 0 Å². The number of hydrogen-bond acceptors (Lipinski definition) is 4. The molecule has 22 heavy (non-hydrogen) atoms. The van der Waals surface area contributed by atoms with Gasteiger partial charge in [0.2, 0.25) is 10.0 Å². The molecule has 0 radical (unpaired) electrons. The highest BCUT2D eigenvalue weighted by Crippen LogP contribution is 2.25. The summed E-state index contributed by atoms with van der Waals surface area (Å²) in [5, 5.41) is 13.4. The van der Waals surface area contributed by atoms with Crippen LogP contribution in [0.1, 0.15) is 24.3 Å². The van der Waals surface area contributed by atoms with Crippen molar-refractivity contribution < 1.29 is 13.5 Å². The number of thiophene rings is 1. The number of benzene rings is 1. The highest BCUT2D eigenvalue weighted by atomic mass is 35.5. The third-order valence-electron chi connectivity index (χ3n) is 3.40. The van der Waals surface area contributed by atoms with E-state index in [0.717, 1.165) is 5.56 Å². The first-order valence-corrected chi connectivity index (χ1v) is 9.72. The molecule has 0 aliphatic heterocycles. The first-order valence-electron chi connectivity index (χ1n) is 6.91. The van der Waals surface area contributed by atoms with E-state index < -0.39 is 10.0 Å². The van der Waals surface area contributed by atoms with Crippen LogP contribution in [0.3, 0.4) is 0 Å². The van der Waals surface area contributed by atoms with E-state index in [-0.39, 0.29) is 22.4 Å². The summed E-state index contributed by atoms with van der Waals surface area (Å²) in [5.41, 5.74) is 1.14. The fourth-order valence-electron chi connectivity index (χ4n) is 2.25. The molecule has 1 heterocycles. The molecular weight excluding hydrogens is 342 g/mol. The van der Waals surface area contributed by atoms with E-state index in [1.165, 1.54) is 6.07 Å². The molecule has 0 saturated carbocycles. The van der Waals surface area contributed by atoms with E-state index >= 15 is 0 Å². The largest absolute Gasteiger partial charge is 0.396 e. The Kier molecular flexibility index (Phi) is 6.40. The second kappa shape index (κ2) is 8.08. The molecule has 0 amide bonds. The van der Waals surface area contributed by atoms with Crippen LogP contribution in [0.5, 0.6) is 0 Å². The molecule has 4 nitrogen and oxygen atoms in total. The van der Waals surface area contributed by atoms with Gasteiger partial charge in [0, 0.05) is 13.2 Å². The molecule has 1 aromatic carbocycles. The fourth-order valence-corrected chi connectivity index (χ4v) is 4.56. The summed E-state index contributed by atoms with van der Waals surface area (Å²) < 4.78 is 27.0. The van der Waals surface area contributed by atoms with Crippen molar-refractivity contribution in [2.75, 3.05) is 13.2 Å². The summed E-state index contributed by atoms with van der Waals surface area (Å²) in [6.07, 6.45) is 1.24. The average Bonchev–Trinajstić information content (AvgIpc) is 3.00. The number of sulfonamides is 1. The van der Waals surface area contributed by atoms with E-state index in [4.69, 9.17) is 16.7 Å². The van der Waals surface area contributed by atoms with Gasteiger partial charge in [-0.15, -0.1) is 0 Å². The Morgan fingerprint density at radius 3 is 2.64 bits per heavy atom. The second-order valence-electron chi connectivity index (χ2n) is 4.88. The first kappa shape index (κ1) is 17.4. The maximum Gasteiger partial charge on any atom is 0.242 e. The smallest absolute Gasteiger partial charge is 0.242 e. The zero-order valence-electron chi connectivity index (χ0n) is 11.9. The molecule has 0 aliphatic carbocycles. The van der Waals surface area contributed by atoms with E-state index in [2.05, 4.69) is 4.72 Å². The minimum Gasteiger partial charge on any atom is -0.396 e. The van der Waals surface area contributed by atoms with Crippen LogP contribution in [0.25, 0.3) is 0 Å². The van der Waals surface area contributed by atoms with Crippen molar-refractivity contribution in [2.24, 2.45) is 0 Å². The number of rotatable bonds is 8. The average molecular weight is 360 g/mol. The molecule has 0 aliphatic rings. The molecule has 1 atom stereocenters. The lowest BCUT2D eigenvalue weighted by molar-refractivity contribution is 0.273. The van der Waals surface area contributed by atoms with E-state index in [1.807, 2.05) is 16.8 Å². The Bertz CT molecular complexity index is 687. The van der Waals surface area contributed by atoms with Crippen molar-refractivity contribution in [2.45, 2.75) is 23.7 Å². The van der Waals surface area contributed by atoms with Crippen LogP contribution in [0.15, 0.2) is 46.0 Å². The molecule has 0 bridgehead atoms. The molecule has 2 rings (SSSR count). The lowest BCUT2D eigenvalue weighted by atomic mass is 9.95. The topological polar surface area (TPSA) is 66.4 Å². The number of halogens is 1. The molecule has 0 unspecified atom stereocenters.